The average Bonchev–Trinajstić information content (AvgIpc) is 2.63. The molecule has 0 aliphatic carbocycles. The maximum atomic E-state index is 4.23. The van der Waals surface area contributed by atoms with Crippen molar-refractivity contribution >= 4 is 11.3 Å². The number of aromatic nitrogens is 2. The largest absolute Gasteiger partial charge is 0.319 e. The van der Waals surface area contributed by atoms with Gasteiger partial charge in [0.25, 0.3) is 0 Å². The molecule has 1 rings (SSSR count). The first-order valence-electron chi connectivity index (χ1n) is 5.24. The molecule has 1 atom stereocenters. The number of nitrogens with zero attached hydrogens (tertiary/aromatic N) is 2. The van der Waals surface area contributed by atoms with E-state index in [1.165, 1.54) is 17.8 Å². The molecular weight excluding hydrogens is 194 g/mol. The van der Waals surface area contributed by atoms with Crippen LogP contribution < -0.4 is 5.32 Å². The first kappa shape index (κ1) is 11.6. The Hall–Kier alpha value is -0.480. The van der Waals surface area contributed by atoms with Gasteiger partial charge < -0.3 is 5.32 Å². The molecule has 0 radical (unpaired) electrons. The molecule has 0 saturated carbocycles. The van der Waals surface area contributed by atoms with Crippen LogP contribution in [0.3, 0.4) is 0 Å². The summed E-state index contributed by atoms with van der Waals surface area (Å²) in [4.78, 5) is 0. The van der Waals surface area contributed by atoms with E-state index in [0.717, 1.165) is 18.0 Å². The van der Waals surface area contributed by atoms with Crippen molar-refractivity contribution in [2.45, 2.75) is 39.0 Å². The van der Waals surface area contributed by atoms with Crippen molar-refractivity contribution in [2.24, 2.45) is 0 Å². The summed E-state index contributed by atoms with van der Waals surface area (Å²) in [5.41, 5.74) is 0. The molecule has 0 saturated heterocycles. The molecule has 0 fully saturated rings. The second kappa shape index (κ2) is 6.09. The summed E-state index contributed by atoms with van der Waals surface area (Å²) in [6.07, 6.45) is 3.42. The Morgan fingerprint density at radius 1 is 1.43 bits per heavy atom. The van der Waals surface area contributed by atoms with E-state index in [1.807, 2.05) is 7.05 Å². The lowest BCUT2D eigenvalue weighted by Gasteiger charge is -2.03. The Balaban J connectivity index is 2.49. The van der Waals surface area contributed by atoms with Gasteiger partial charge in [-0.25, -0.2) is 0 Å². The van der Waals surface area contributed by atoms with Crippen LogP contribution in [-0.2, 0) is 6.42 Å². The summed E-state index contributed by atoms with van der Waals surface area (Å²) in [5.74, 6) is 0.570. The predicted octanol–water partition coefficient (Wildman–Crippen LogP) is 2.20. The van der Waals surface area contributed by atoms with Gasteiger partial charge in [-0.15, -0.1) is 21.5 Å². The van der Waals surface area contributed by atoms with Gasteiger partial charge in [-0.1, -0.05) is 20.3 Å². The molecule has 1 heterocycles. The second-order valence-electron chi connectivity index (χ2n) is 3.58. The lowest BCUT2D eigenvalue weighted by Crippen LogP contribution is -2.09. The molecule has 1 aromatic heterocycles. The van der Waals surface area contributed by atoms with Crippen molar-refractivity contribution in [1.82, 2.24) is 15.5 Å². The Morgan fingerprint density at radius 2 is 2.21 bits per heavy atom. The fourth-order valence-corrected chi connectivity index (χ4v) is 2.28. The van der Waals surface area contributed by atoms with E-state index in [9.17, 15) is 0 Å². The summed E-state index contributed by atoms with van der Waals surface area (Å²) >= 11 is 1.76. The second-order valence-corrected chi connectivity index (χ2v) is 4.67. The molecule has 1 unspecified atom stereocenters. The van der Waals surface area contributed by atoms with Gasteiger partial charge in [0.1, 0.15) is 10.0 Å². The molecule has 14 heavy (non-hydrogen) atoms. The molecule has 80 valence electrons. The number of likely N-dealkylation sites (N-methyl/N-ethyl adjacent to an activating group) is 1. The standard InChI is InChI=1S/C10H19N3S/c1-4-5-8(2)10-13-12-9(14-10)6-7-11-3/h8,11H,4-7H2,1-3H3. The molecule has 0 bridgehead atoms. The topological polar surface area (TPSA) is 37.8 Å². The molecule has 1 N–H and O–H groups in total. The van der Waals surface area contributed by atoms with Crippen LogP contribution in [0.15, 0.2) is 0 Å². The fourth-order valence-electron chi connectivity index (χ4n) is 1.36. The molecule has 4 heteroatoms. The van der Waals surface area contributed by atoms with E-state index in [2.05, 4.69) is 29.4 Å². The van der Waals surface area contributed by atoms with Crippen LogP contribution in [0.1, 0.15) is 42.6 Å². The fraction of sp³-hybridized carbons (Fsp3) is 0.800. The number of rotatable bonds is 6. The maximum Gasteiger partial charge on any atom is 0.120 e. The molecule has 0 aliphatic rings. The van der Waals surface area contributed by atoms with Crippen molar-refractivity contribution in [3.05, 3.63) is 10.0 Å². The highest BCUT2D eigenvalue weighted by molar-refractivity contribution is 7.11. The number of hydrogen-bond acceptors (Lipinski definition) is 4. The van der Waals surface area contributed by atoms with Crippen LogP contribution in [0, 0.1) is 0 Å². The normalized spacial score (nSPS) is 13.1. The minimum absolute atomic E-state index is 0.570. The van der Waals surface area contributed by atoms with E-state index in [4.69, 9.17) is 0 Å². The van der Waals surface area contributed by atoms with E-state index in [0.29, 0.717) is 5.92 Å². The van der Waals surface area contributed by atoms with Crippen LogP contribution in [0.2, 0.25) is 0 Å². The van der Waals surface area contributed by atoms with Crippen molar-refractivity contribution in [3.63, 3.8) is 0 Å². The maximum absolute atomic E-state index is 4.23. The third-order valence-corrected chi connectivity index (χ3v) is 3.43. The van der Waals surface area contributed by atoms with Crippen molar-refractivity contribution in [1.29, 1.82) is 0 Å². The molecule has 0 aromatic carbocycles. The van der Waals surface area contributed by atoms with E-state index in [1.54, 1.807) is 11.3 Å². The Labute approximate surface area is 89.9 Å². The predicted molar refractivity (Wildman–Crippen MR) is 60.9 cm³/mol. The minimum Gasteiger partial charge on any atom is -0.319 e. The monoisotopic (exact) mass is 213 g/mol. The molecule has 0 spiro atoms. The summed E-state index contributed by atoms with van der Waals surface area (Å²) in [6, 6.07) is 0. The van der Waals surface area contributed by atoms with Gasteiger partial charge in [0, 0.05) is 18.9 Å². The first-order chi connectivity index (χ1) is 6.77. The molecule has 0 amide bonds. The van der Waals surface area contributed by atoms with Crippen LogP contribution in [0.25, 0.3) is 0 Å². The Kier molecular flexibility index (Phi) is 5.04. The Morgan fingerprint density at radius 3 is 2.86 bits per heavy atom. The lowest BCUT2D eigenvalue weighted by atomic mass is 10.1. The van der Waals surface area contributed by atoms with Crippen molar-refractivity contribution < 1.29 is 0 Å². The molecule has 0 aliphatic heterocycles. The van der Waals surface area contributed by atoms with E-state index < -0.39 is 0 Å². The third-order valence-electron chi connectivity index (χ3n) is 2.21. The highest BCUT2D eigenvalue weighted by Gasteiger charge is 2.10. The van der Waals surface area contributed by atoms with Crippen LogP contribution in [-0.4, -0.2) is 23.8 Å². The Bertz CT molecular complexity index is 260. The minimum atomic E-state index is 0.570. The van der Waals surface area contributed by atoms with Crippen molar-refractivity contribution in [3.8, 4) is 0 Å². The number of hydrogen-bond donors (Lipinski definition) is 1. The van der Waals surface area contributed by atoms with Crippen molar-refractivity contribution in [2.75, 3.05) is 13.6 Å². The summed E-state index contributed by atoms with van der Waals surface area (Å²) in [7, 11) is 1.96. The summed E-state index contributed by atoms with van der Waals surface area (Å²) in [5, 5.41) is 13.9. The SMILES string of the molecule is CCCC(C)c1nnc(CCNC)s1. The molecule has 1 aromatic rings. The highest BCUT2D eigenvalue weighted by Crippen LogP contribution is 2.23. The zero-order valence-corrected chi connectivity index (χ0v) is 10.0. The van der Waals surface area contributed by atoms with E-state index in [-0.39, 0.29) is 0 Å². The van der Waals surface area contributed by atoms with Gasteiger partial charge in [-0.2, -0.15) is 0 Å². The third kappa shape index (κ3) is 3.35. The zero-order valence-electron chi connectivity index (χ0n) is 9.21. The van der Waals surface area contributed by atoms with Crippen LogP contribution in [0.5, 0.6) is 0 Å². The van der Waals surface area contributed by atoms with Crippen LogP contribution >= 0.6 is 11.3 Å². The quantitative estimate of drug-likeness (QED) is 0.787. The van der Waals surface area contributed by atoms with Gasteiger partial charge in [0.15, 0.2) is 0 Å². The van der Waals surface area contributed by atoms with Gasteiger partial charge >= 0.3 is 0 Å². The summed E-state index contributed by atoms with van der Waals surface area (Å²) < 4.78 is 0. The van der Waals surface area contributed by atoms with Gasteiger partial charge in [0.05, 0.1) is 0 Å². The molecule has 3 nitrogen and oxygen atoms in total. The zero-order chi connectivity index (χ0) is 10.4. The van der Waals surface area contributed by atoms with E-state index >= 15 is 0 Å². The summed E-state index contributed by atoms with van der Waals surface area (Å²) in [6.45, 7) is 5.42. The highest BCUT2D eigenvalue weighted by atomic mass is 32.1. The van der Waals surface area contributed by atoms with Gasteiger partial charge in [-0.05, 0) is 13.5 Å². The smallest absolute Gasteiger partial charge is 0.120 e. The van der Waals surface area contributed by atoms with Gasteiger partial charge in [0.2, 0.25) is 0 Å². The molecular formula is C10H19N3S. The average molecular weight is 213 g/mol. The van der Waals surface area contributed by atoms with Gasteiger partial charge in [-0.3, -0.25) is 0 Å². The van der Waals surface area contributed by atoms with Crippen LogP contribution in [0.4, 0.5) is 0 Å². The lowest BCUT2D eigenvalue weighted by molar-refractivity contribution is 0.652. The number of nitrogens with one attached hydrogen (secondary N) is 1. The first-order valence-corrected chi connectivity index (χ1v) is 6.06.